The number of thiazole rings is 1. The number of hydrogen-bond donors (Lipinski definition) is 2. The Hall–Kier alpha value is -1.96. The van der Waals surface area contributed by atoms with Gasteiger partial charge in [0.25, 0.3) is 5.91 Å². The topological polar surface area (TPSA) is 74.3 Å². The van der Waals surface area contributed by atoms with E-state index >= 15 is 0 Å². The molecule has 8 heteroatoms. The van der Waals surface area contributed by atoms with Crippen molar-refractivity contribution in [2.24, 2.45) is 5.92 Å². The second kappa shape index (κ2) is 8.37. The van der Waals surface area contributed by atoms with Crippen LogP contribution < -0.4 is 10.6 Å². The fraction of sp³-hybridized carbons (Fsp3) is 0.421. The van der Waals surface area contributed by atoms with E-state index in [0.29, 0.717) is 15.7 Å². The summed E-state index contributed by atoms with van der Waals surface area (Å²) < 4.78 is 0. The van der Waals surface area contributed by atoms with Crippen LogP contribution in [0.15, 0.2) is 24.3 Å². The number of amides is 2. The molecule has 0 saturated heterocycles. The smallest absolute Gasteiger partial charge is 0.251 e. The first kappa shape index (κ1) is 19.8. The third-order valence-electron chi connectivity index (χ3n) is 4.49. The van der Waals surface area contributed by atoms with E-state index in [9.17, 15) is 9.59 Å². The maximum Gasteiger partial charge on any atom is 0.251 e. The van der Waals surface area contributed by atoms with Crippen LogP contribution >= 0.6 is 22.9 Å². The van der Waals surface area contributed by atoms with Gasteiger partial charge in [-0.15, -0.1) is 11.3 Å². The predicted molar refractivity (Wildman–Crippen MR) is 108 cm³/mol. The molecule has 0 fully saturated rings. The van der Waals surface area contributed by atoms with Gasteiger partial charge in [0.05, 0.1) is 5.69 Å². The first-order valence-corrected chi connectivity index (χ1v) is 10.1. The standard InChI is InChI=1S/C19H23ClN4O2S/c1-11(2)16(22-17(25)12-4-6-13(20)7-5-12)18(26)23-19-21-14-8-9-24(3)10-15(14)27-19/h4-7,11,16H,8-10H2,1-3H3,(H,22,25)(H,21,23,26)/t16-/m0/s1. The van der Waals surface area contributed by atoms with E-state index in [0.717, 1.165) is 25.2 Å². The fourth-order valence-electron chi connectivity index (χ4n) is 2.92. The summed E-state index contributed by atoms with van der Waals surface area (Å²) in [5.41, 5.74) is 1.52. The molecule has 0 radical (unpaired) electrons. The molecular formula is C19H23ClN4O2S. The Morgan fingerprint density at radius 2 is 1.96 bits per heavy atom. The minimum absolute atomic E-state index is 0.0676. The molecular weight excluding hydrogens is 384 g/mol. The van der Waals surface area contributed by atoms with Crippen molar-refractivity contribution < 1.29 is 9.59 Å². The molecule has 0 aliphatic carbocycles. The van der Waals surface area contributed by atoms with Crippen LogP contribution in [0.2, 0.25) is 5.02 Å². The van der Waals surface area contributed by atoms with Crippen molar-refractivity contribution in [1.82, 2.24) is 15.2 Å². The van der Waals surface area contributed by atoms with E-state index in [-0.39, 0.29) is 17.7 Å². The summed E-state index contributed by atoms with van der Waals surface area (Å²) in [4.78, 5) is 33.2. The summed E-state index contributed by atoms with van der Waals surface area (Å²) in [5.74, 6) is -0.630. The van der Waals surface area contributed by atoms with Gasteiger partial charge in [0.15, 0.2) is 5.13 Å². The van der Waals surface area contributed by atoms with Gasteiger partial charge >= 0.3 is 0 Å². The summed E-state index contributed by atoms with van der Waals surface area (Å²) >= 11 is 7.36. The molecule has 27 heavy (non-hydrogen) atoms. The molecule has 2 N–H and O–H groups in total. The van der Waals surface area contributed by atoms with E-state index in [1.165, 1.54) is 16.2 Å². The first-order valence-electron chi connectivity index (χ1n) is 8.88. The Bertz CT molecular complexity index is 835. The van der Waals surface area contributed by atoms with Crippen molar-refractivity contribution in [2.45, 2.75) is 32.9 Å². The number of carbonyl (C=O) groups is 2. The van der Waals surface area contributed by atoms with Gasteiger partial charge in [0.2, 0.25) is 5.91 Å². The number of carbonyl (C=O) groups excluding carboxylic acids is 2. The van der Waals surface area contributed by atoms with E-state index < -0.39 is 6.04 Å². The van der Waals surface area contributed by atoms with E-state index in [1.54, 1.807) is 24.3 Å². The van der Waals surface area contributed by atoms with Crippen LogP contribution in [0.3, 0.4) is 0 Å². The zero-order chi connectivity index (χ0) is 19.6. The van der Waals surface area contributed by atoms with E-state index in [2.05, 4.69) is 27.6 Å². The van der Waals surface area contributed by atoms with Crippen LogP contribution in [0.5, 0.6) is 0 Å². The molecule has 1 aliphatic heterocycles. The zero-order valence-corrected chi connectivity index (χ0v) is 17.2. The number of benzene rings is 1. The maximum atomic E-state index is 12.8. The van der Waals surface area contributed by atoms with E-state index in [4.69, 9.17) is 11.6 Å². The van der Waals surface area contributed by atoms with E-state index in [1.807, 2.05) is 13.8 Å². The van der Waals surface area contributed by atoms with Crippen LogP contribution in [-0.2, 0) is 17.8 Å². The third-order valence-corrected chi connectivity index (χ3v) is 5.74. The summed E-state index contributed by atoms with van der Waals surface area (Å²) in [6, 6.07) is 5.92. The summed E-state index contributed by atoms with van der Waals surface area (Å²) in [6.45, 7) is 5.61. The van der Waals surface area contributed by atoms with Crippen molar-refractivity contribution in [3.8, 4) is 0 Å². The Morgan fingerprint density at radius 1 is 1.26 bits per heavy atom. The van der Waals surface area contributed by atoms with Crippen molar-refractivity contribution in [2.75, 3.05) is 18.9 Å². The number of halogens is 1. The number of anilines is 1. The molecule has 0 saturated carbocycles. The second-order valence-corrected chi connectivity index (χ2v) is 8.59. The minimum atomic E-state index is -0.656. The van der Waals surface area contributed by atoms with Gasteiger partial charge in [-0.2, -0.15) is 0 Å². The van der Waals surface area contributed by atoms with Crippen molar-refractivity contribution >= 4 is 39.9 Å². The summed E-state index contributed by atoms with van der Waals surface area (Å²) in [7, 11) is 2.07. The molecule has 144 valence electrons. The number of hydrogen-bond acceptors (Lipinski definition) is 5. The average molecular weight is 407 g/mol. The predicted octanol–water partition coefficient (Wildman–Crippen LogP) is 3.18. The van der Waals surface area contributed by atoms with Crippen molar-refractivity contribution in [3.63, 3.8) is 0 Å². The quantitative estimate of drug-likeness (QED) is 0.799. The first-order chi connectivity index (χ1) is 12.8. The van der Waals surface area contributed by atoms with Gasteiger partial charge in [-0.05, 0) is 37.2 Å². The van der Waals surface area contributed by atoms with Gasteiger partial charge in [-0.3, -0.25) is 9.59 Å². The number of likely N-dealkylation sites (N-methyl/N-ethyl adjacent to an activating group) is 1. The number of fused-ring (bicyclic) bond motifs is 1. The number of nitrogens with zero attached hydrogens (tertiary/aromatic N) is 2. The Labute approximate surface area is 167 Å². The van der Waals surface area contributed by atoms with Crippen molar-refractivity contribution in [1.29, 1.82) is 0 Å². The number of rotatable bonds is 5. The Balaban J connectivity index is 1.68. The molecule has 1 aromatic carbocycles. The zero-order valence-electron chi connectivity index (χ0n) is 15.6. The van der Waals surface area contributed by atoms with Gasteiger partial charge in [-0.1, -0.05) is 25.4 Å². The molecule has 0 bridgehead atoms. The maximum absolute atomic E-state index is 12.8. The highest BCUT2D eigenvalue weighted by atomic mass is 35.5. The normalized spacial score (nSPS) is 15.3. The van der Waals surface area contributed by atoms with Crippen LogP contribution in [0.1, 0.15) is 34.8 Å². The minimum Gasteiger partial charge on any atom is -0.340 e. The Morgan fingerprint density at radius 3 is 2.63 bits per heavy atom. The van der Waals surface area contributed by atoms with Gasteiger partial charge < -0.3 is 15.5 Å². The monoisotopic (exact) mass is 406 g/mol. The van der Waals surface area contributed by atoms with Gasteiger partial charge in [0, 0.05) is 35.0 Å². The largest absolute Gasteiger partial charge is 0.340 e. The molecule has 2 aromatic rings. The lowest BCUT2D eigenvalue weighted by Crippen LogP contribution is -2.47. The average Bonchev–Trinajstić information content (AvgIpc) is 3.00. The van der Waals surface area contributed by atoms with Crippen LogP contribution in [0.4, 0.5) is 5.13 Å². The molecule has 1 atom stereocenters. The highest BCUT2D eigenvalue weighted by Gasteiger charge is 2.26. The van der Waals surface area contributed by atoms with Gasteiger partial charge in [0.1, 0.15) is 6.04 Å². The second-order valence-electron chi connectivity index (χ2n) is 7.07. The fourth-order valence-corrected chi connectivity index (χ4v) is 4.14. The lowest BCUT2D eigenvalue weighted by atomic mass is 10.0. The summed E-state index contributed by atoms with van der Waals surface area (Å²) in [6.07, 6.45) is 0.888. The molecule has 2 heterocycles. The molecule has 2 amide bonds. The SMILES string of the molecule is CC(C)[C@H](NC(=O)c1ccc(Cl)cc1)C(=O)Nc1nc2c(s1)CN(C)CC2. The molecule has 0 spiro atoms. The highest BCUT2D eigenvalue weighted by Crippen LogP contribution is 2.28. The highest BCUT2D eigenvalue weighted by molar-refractivity contribution is 7.15. The number of nitrogens with one attached hydrogen (secondary N) is 2. The van der Waals surface area contributed by atoms with Crippen LogP contribution in [0.25, 0.3) is 0 Å². The number of aromatic nitrogens is 1. The molecule has 1 aliphatic rings. The Kier molecular flexibility index (Phi) is 6.14. The van der Waals surface area contributed by atoms with Crippen LogP contribution in [-0.4, -0.2) is 41.3 Å². The molecule has 6 nitrogen and oxygen atoms in total. The lowest BCUT2D eigenvalue weighted by molar-refractivity contribution is -0.118. The van der Waals surface area contributed by atoms with Crippen molar-refractivity contribution in [3.05, 3.63) is 45.4 Å². The lowest BCUT2D eigenvalue weighted by Gasteiger charge is -2.21. The summed E-state index contributed by atoms with van der Waals surface area (Å²) in [5, 5.41) is 6.84. The third kappa shape index (κ3) is 4.86. The van der Waals surface area contributed by atoms with Gasteiger partial charge in [-0.25, -0.2) is 4.98 Å². The molecule has 0 unspecified atom stereocenters. The molecule has 1 aromatic heterocycles. The molecule has 3 rings (SSSR count). The van der Waals surface area contributed by atoms with Crippen LogP contribution in [0, 0.1) is 5.92 Å².